The number of carboxylic acids is 2. The highest BCUT2D eigenvalue weighted by Crippen LogP contribution is 2.39. The van der Waals surface area contributed by atoms with E-state index in [4.69, 9.17) is 0 Å². The number of hydrogen-bond acceptors (Lipinski definition) is 6. The van der Waals surface area contributed by atoms with Crippen LogP contribution in [0.1, 0.15) is 44.7 Å². The molecule has 5 rings (SSSR count). The van der Waals surface area contributed by atoms with Crippen LogP contribution < -0.4 is 5.32 Å². The van der Waals surface area contributed by atoms with Crippen molar-refractivity contribution in [2.75, 3.05) is 5.32 Å². The maximum absolute atomic E-state index is 11.5. The average molecular weight is 446 g/mol. The number of nitrogens with zero attached hydrogens (tertiary/aromatic N) is 2. The number of thiophene rings is 1. The standard InChI is InChI=1S/C24H19N3O4S/c28-23(29)16-8-17(24(30)31)10-18(9-16)27-21-20-19(11-32-22(20)26-12-25-21)15-6-5-13-3-1-2-4-14(13)7-15/h5-12H,1-4H2,(H,28,29)(H,30,31)(H,25,26,27). The van der Waals surface area contributed by atoms with E-state index >= 15 is 0 Å². The summed E-state index contributed by atoms with van der Waals surface area (Å²) in [4.78, 5) is 32.5. The minimum Gasteiger partial charge on any atom is -0.478 e. The van der Waals surface area contributed by atoms with E-state index in [2.05, 4.69) is 33.5 Å². The van der Waals surface area contributed by atoms with Crippen molar-refractivity contribution >= 4 is 45.0 Å². The summed E-state index contributed by atoms with van der Waals surface area (Å²) >= 11 is 1.51. The molecule has 160 valence electrons. The Labute approximate surface area is 187 Å². The summed E-state index contributed by atoms with van der Waals surface area (Å²) in [6.45, 7) is 0. The lowest BCUT2D eigenvalue weighted by atomic mass is 9.89. The normalized spacial score (nSPS) is 13.0. The monoisotopic (exact) mass is 445 g/mol. The Hall–Kier alpha value is -3.78. The Morgan fingerprint density at radius 1 is 0.906 bits per heavy atom. The zero-order valence-electron chi connectivity index (χ0n) is 17.0. The van der Waals surface area contributed by atoms with Crippen LogP contribution >= 0.6 is 11.3 Å². The molecule has 7 nitrogen and oxygen atoms in total. The van der Waals surface area contributed by atoms with Gasteiger partial charge < -0.3 is 15.5 Å². The minimum absolute atomic E-state index is 0.113. The molecule has 8 heteroatoms. The van der Waals surface area contributed by atoms with Gasteiger partial charge in [0.05, 0.1) is 16.5 Å². The fourth-order valence-corrected chi connectivity index (χ4v) is 5.08. The number of anilines is 2. The zero-order valence-corrected chi connectivity index (χ0v) is 17.8. The number of hydrogen-bond donors (Lipinski definition) is 3. The second kappa shape index (κ2) is 8.05. The molecule has 0 saturated heterocycles. The summed E-state index contributed by atoms with van der Waals surface area (Å²) in [6.07, 6.45) is 6.05. The van der Waals surface area contributed by atoms with E-state index in [1.165, 1.54) is 53.8 Å². The Balaban J connectivity index is 1.60. The average Bonchev–Trinajstić information content (AvgIpc) is 3.24. The van der Waals surface area contributed by atoms with Crippen LogP contribution in [0.4, 0.5) is 11.5 Å². The van der Waals surface area contributed by atoms with Gasteiger partial charge in [-0.05, 0) is 60.6 Å². The second-order valence-corrected chi connectivity index (χ2v) is 8.63. The molecule has 0 fully saturated rings. The molecule has 0 saturated carbocycles. The molecule has 0 amide bonds. The van der Waals surface area contributed by atoms with Gasteiger partial charge in [0.15, 0.2) is 0 Å². The summed E-state index contributed by atoms with van der Waals surface area (Å²) in [5, 5.41) is 24.7. The van der Waals surface area contributed by atoms with Gasteiger partial charge >= 0.3 is 11.9 Å². The topological polar surface area (TPSA) is 112 Å². The number of rotatable bonds is 5. The number of carbonyl (C=O) groups is 2. The van der Waals surface area contributed by atoms with Crippen LogP contribution in [-0.4, -0.2) is 32.1 Å². The number of aromatic carboxylic acids is 2. The predicted molar refractivity (Wildman–Crippen MR) is 123 cm³/mol. The van der Waals surface area contributed by atoms with Crippen LogP contribution in [0.5, 0.6) is 0 Å². The molecule has 0 bridgehead atoms. The smallest absolute Gasteiger partial charge is 0.335 e. The van der Waals surface area contributed by atoms with Gasteiger partial charge in [-0.3, -0.25) is 0 Å². The molecule has 3 N–H and O–H groups in total. The number of aromatic nitrogens is 2. The molecule has 2 aromatic carbocycles. The molecule has 0 aliphatic heterocycles. The van der Waals surface area contributed by atoms with Crippen molar-refractivity contribution in [1.29, 1.82) is 0 Å². The number of aryl methyl sites for hydroxylation is 2. The van der Waals surface area contributed by atoms with Gasteiger partial charge in [-0.25, -0.2) is 19.6 Å². The van der Waals surface area contributed by atoms with Crippen LogP contribution in [0.25, 0.3) is 21.3 Å². The van der Waals surface area contributed by atoms with Gasteiger partial charge in [0.2, 0.25) is 0 Å². The number of fused-ring (bicyclic) bond motifs is 2. The van der Waals surface area contributed by atoms with E-state index in [1.54, 1.807) is 0 Å². The molecule has 2 aromatic heterocycles. The zero-order chi connectivity index (χ0) is 22.2. The van der Waals surface area contributed by atoms with E-state index in [-0.39, 0.29) is 11.1 Å². The van der Waals surface area contributed by atoms with Gasteiger partial charge in [-0.15, -0.1) is 11.3 Å². The fraction of sp³-hybridized carbons (Fsp3) is 0.167. The quantitative estimate of drug-likeness (QED) is 0.378. The molecular formula is C24H19N3O4S. The van der Waals surface area contributed by atoms with E-state index < -0.39 is 11.9 Å². The van der Waals surface area contributed by atoms with E-state index in [0.29, 0.717) is 11.5 Å². The van der Waals surface area contributed by atoms with Crippen molar-refractivity contribution in [1.82, 2.24) is 9.97 Å². The first kappa shape index (κ1) is 20.1. The van der Waals surface area contributed by atoms with Crippen molar-refractivity contribution in [3.05, 3.63) is 70.4 Å². The molecule has 4 aromatic rings. The van der Waals surface area contributed by atoms with Gasteiger partial charge in [0.25, 0.3) is 0 Å². The third kappa shape index (κ3) is 3.69. The van der Waals surface area contributed by atoms with E-state index in [1.807, 2.05) is 5.38 Å². The maximum Gasteiger partial charge on any atom is 0.335 e. The predicted octanol–water partition coefficient (Wildman–Crippen LogP) is 5.38. The van der Waals surface area contributed by atoms with Crippen molar-refractivity contribution < 1.29 is 19.8 Å². The Kier molecular flexibility index (Phi) is 5.07. The number of nitrogens with one attached hydrogen (secondary N) is 1. The highest BCUT2D eigenvalue weighted by atomic mass is 32.1. The lowest BCUT2D eigenvalue weighted by molar-refractivity contribution is 0.0696. The summed E-state index contributed by atoms with van der Waals surface area (Å²) in [7, 11) is 0. The summed E-state index contributed by atoms with van der Waals surface area (Å²) in [5.74, 6) is -1.90. The molecule has 0 atom stereocenters. The van der Waals surface area contributed by atoms with Crippen LogP contribution in [-0.2, 0) is 12.8 Å². The Morgan fingerprint density at radius 3 is 2.34 bits per heavy atom. The fourth-order valence-electron chi connectivity index (χ4n) is 4.17. The lowest BCUT2D eigenvalue weighted by Gasteiger charge is -2.16. The van der Waals surface area contributed by atoms with Gasteiger partial charge in [0, 0.05) is 16.6 Å². The van der Waals surface area contributed by atoms with Gasteiger partial charge in [-0.1, -0.05) is 18.2 Å². The SMILES string of the molecule is O=C(O)c1cc(Nc2ncnc3scc(-c4ccc5c(c4)CCCC5)c23)cc(C(=O)O)c1. The third-order valence-electron chi connectivity index (χ3n) is 5.72. The van der Waals surface area contributed by atoms with Crippen LogP contribution in [0, 0.1) is 0 Å². The van der Waals surface area contributed by atoms with Crippen LogP contribution in [0.2, 0.25) is 0 Å². The highest BCUT2D eigenvalue weighted by Gasteiger charge is 2.17. The molecule has 0 spiro atoms. The first-order valence-electron chi connectivity index (χ1n) is 10.2. The van der Waals surface area contributed by atoms with Crippen molar-refractivity contribution in [3.8, 4) is 11.1 Å². The molecule has 1 aliphatic carbocycles. The third-order valence-corrected chi connectivity index (χ3v) is 6.61. The molecule has 32 heavy (non-hydrogen) atoms. The van der Waals surface area contributed by atoms with Crippen molar-refractivity contribution in [2.45, 2.75) is 25.7 Å². The number of carboxylic acid groups (broad SMARTS) is 2. The van der Waals surface area contributed by atoms with Crippen LogP contribution in [0.15, 0.2) is 48.1 Å². The first-order chi connectivity index (χ1) is 15.5. The molecule has 0 radical (unpaired) electrons. The van der Waals surface area contributed by atoms with E-state index in [0.717, 1.165) is 40.3 Å². The number of benzene rings is 2. The summed E-state index contributed by atoms with van der Waals surface area (Å²) in [6, 6.07) is 10.5. The van der Waals surface area contributed by atoms with Gasteiger partial charge in [0.1, 0.15) is 17.0 Å². The van der Waals surface area contributed by atoms with Gasteiger partial charge in [-0.2, -0.15) is 0 Å². The first-order valence-corrected chi connectivity index (χ1v) is 11.1. The van der Waals surface area contributed by atoms with Crippen molar-refractivity contribution in [2.24, 2.45) is 0 Å². The molecule has 0 unspecified atom stereocenters. The summed E-state index contributed by atoms with van der Waals surface area (Å²) in [5.41, 5.74) is 4.97. The lowest BCUT2D eigenvalue weighted by Crippen LogP contribution is -2.05. The van der Waals surface area contributed by atoms with Crippen molar-refractivity contribution in [3.63, 3.8) is 0 Å². The largest absolute Gasteiger partial charge is 0.478 e. The highest BCUT2D eigenvalue weighted by molar-refractivity contribution is 7.17. The van der Waals surface area contributed by atoms with Crippen LogP contribution in [0.3, 0.4) is 0 Å². The minimum atomic E-state index is -1.20. The Bertz CT molecular complexity index is 1350. The molecular weight excluding hydrogens is 426 g/mol. The van der Waals surface area contributed by atoms with E-state index in [9.17, 15) is 19.8 Å². The second-order valence-electron chi connectivity index (χ2n) is 7.78. The summed E-state index contributed by atoms with van der Waals surface area (Å²) < 4.78 is 0. The maximum atomic E-state index is 11.5. The Morgan fingerprint density at radius 2 is 1.62 bits per heavy atom. The molecule has 1 aliphatic rings. The molecule has 2 heterocycles.